The number of carbonyl (C=O) groups is 1. The topological polar surface area (TPSA) is 42.4 Å². The van der Waals surface area contributed by atoms with Gasteiger partial charge in [-0.25, -0.2) is 0 Å². The van der Waals surface area contributed by atoms with E-state index in [4.69, 9.17) is 16.3 Å². The first kappa shape index (κ1) is 14.3. The van der Waals surface area contributed by atoms with Crippen LogP contribution in [0, 0.1) is 0 Å². The van der Waals surface area contributed by atoms with Gasteiger partial charge in [-0.2, -0.15) is 0 Å². The van der Waals surface area contributed by atoms with Gasteiger partial charge in [-0.05, 0) is 18.2 Å². The molecule has 1 aromatic heterocycles. The maximum Gasteiger partial charge on any atom is 0.256 e. The predicted octanol–water partition coefficient (Wildman–Crippen LogP) is 2.89. The van der Waals surface area contributed by atoms with Crippen molar-refractivity contribution in [1.82, 2.24) is 9.88 Å². The van der Waals surface area contributed by atoms with Crippen LogP contribution in [0.1, 0.15) is 10.4 Å². The lowest BCUT2D eigenvalue weighted by molar-refractivity contribution is 0.0773. The van der Waals surface area contributed by atoms with Crippen LogP contribution in [-0.4, -0.2) is 36.0 Å². The molecule has 1 amide bonds. The van der Waals surface area contributed by atoms with Crippen LogP contribution >= 0.6 is 11.6 Å². The number of carbonyl (C=O) groups excluding carboxylic acids is 1. The van der Waals surface area contributed by atoms with Crippen molar-refractivity contribution >= 4 is 17.5 Å². The summed E-state index contributed by atoms with van der Waals surface area (Å²) in [6.45, 7) is 0.892. The average Bonchev–Trinajstić information content (AvgIpc) is 2.48. The molecule has 104 valence electrons. The second-order valence-electron chi connectivity index (χ2n) is 4.24. The van der Waals surface area contributed by atoms with Crippen molar-refractivity contribution in [3.8, 4) is 5.75 Å². The molecule has 1 heterocycles. The lowest BCUT2D eigenvalue weighted by Crippen LogP contribution is -2.31. The summed E-state index contributed by atoms with van der Waals surface area (Å²) in [5.74, 6) is 0.618. The van der Waals surface area contributed by atoms with Gasteiger partial charge in [-0.3, -0.25) is 9.78 Å². The quantitative estimate of drug-likeness (QED) is 0.850. The Hall–Kier alpha value is -2.07. The molecule has 0 saturated heterocycles. The minimum atomic E-state index is -0.167. The van der Waals surface area contributed by atoms with Crippen LogP contribution in [0.25, 0.3) is 0 Å². The van der Waals surface area contributed by atoms with E-state index >= 15 is 0 Å². The number of aromatic nitrogens is 1. The van der Waals surface area contributed by atoms with E-state index in [1.807, 2.05) is 30.3 Å². The SMILES string of the molecule is CN(CCOc1ccccc1)C(=O)c1cnccc1Cl. The second-order valence-corrected chi connectivity index (χ2v) is 4.65. The van der Waals surface area contributed by atoms with Crippen molar-refractivity contribution in [2.45, 2.75) is 0 Å². The van der Waals surface area contributed by atoms with Gasteiger partial charge in [0.15, 0.2) is 0 Å². The van der Waals surface area contributed by atoms with Crippen LogP contribution in [0.5, 0.6) is 5.75 Å². The van der Waals surface area contributed by atoms with Crippen LogP contribution in [0.15, 0.2) is 48.8 Å². The van der Waals surface area contributed by atoms with Gasteiger partial charge >= 0.3 is 0 Å². The Labute approximate surface area is 123 Å². The fraction of sp³-hybridized carbons (Fsp3) is 0.200. The van der Waals surface area contributed by atoms with Gasteiger partial charge in [-0.1, -0.05) is 29.8 Å². The molecule has 1 aromatic carbocycles. The predicted molar refractivity (Wildman–Crippen MR) is 78.1 cm³/mol. The standard InChI is InChI=1S/C15H15ClN2O2/c1-18(9-10-20-12-5-3-2-4-6-12)15(19)13-11-17-8-7-14(13)16/h2-8,11H,9-10H2,1H3. The van der Waals surface area contributed by atoms with E-state index in [1.54, 1.807) is 24.2 Å². The monoisotopic (exact) mass is 290 g/mol. The summed E-state index contributed by atoms with van der Waals surface area (Å²) in [5.41, 5.74) is 0.399. The molecule has 0 N–H and O–H groups in total. The Morgan fingerprint density at radius 1 is 1.30 bits per heavy atom. The maximum absolute atomic E-state index is 12.2. The third-order valence-corrected chi connectivity index (χ3v) is 3.11. The normalized spacial score (nSPS) is 10.1. The molecule has 2 rings (SSSR count). The summed E-state index contributed by atoms with van der Waals surface area (Å²) in [6.07, 6.45) is 3.02. The molecule has 2 aromatic rings. The Morgan fingerprint density at radius 2 is 2.05 bits per heavy atom. The molecule has 0 spiro atoms. The van der Waals surface area contributed by atoms with Crippen molar-refractivity contribution in [2.75, 3.05) is 20.2 Å². The highest BCUT2D eigenvalue weighted by Gasteiger charge is 2.14. The number of para-hydroxylation sites is 1. The van der Waals surface area contributed by atoms with Gasteiger partial charge in [0.2, 0.25) is 0 Å². The van der Waals surface area contributed by atoms with E-state index < -0.39 is 0 Å². The van der Waals surface area contributed by atoms with Gasteiger partial charge in [0.25, 0.3) is 5.91 Å². The third kappa shape index (κ3) is 3.71. The Balaban J connectivity index is 1.87. The lowest BCUT2D eigenvalue weighted by atomic mass is 10.2. The third-order valence-electron chi connectivity index (χ3n) is 2.78. The summed E-state index contributed by atoms with van der Waals surface area (Å²) >= 11 is 5.97. The highest BCUT2D eigenvalue weighted by atomic mass is 35.5. The van der Waals surface area contributed by atoms with Gasteiger partial charge in [0, 0.05) is 19.4 Å². The molecule has 0 aliphatic heterocycles. The van der Waals surface area contributed by atoms with Crippen LogP contribution in [0.3, 0.4) is 0 Å². The van der Waals surface area contributed by atoms with E-state index in [9.17, 15) is 4.79 Å². The number of nitrogens with zero attached hydrogens (tertiary/aromatic N) is 2. The molecular weight excluding hydrogens is 276 g/mol. The molecule has 4 nitrogen and oxygen atoms in total. The summed E-state index contributed by atoms with van der Waals surface area (Å²) in [6, 6.07) is 11.1. The van der Waals surface area contributed by atoms with Crippen LogP contribution < -0.4 is 4.74 Å². The zero-order valence-corrected chi connectivity index (χ0v) is 11.9. The first-order chi connectivity index (χ1) is 9.68. The molecule has 0 saturated carbocycles. The number of likely N-dealkylation sites (N-methyl/N-ethyl adjacent to an activating group) is 1. The van der Waals surface area contributed by atoms with Crippen LogP contribution in [-0.2, 0) is 0 Å². The van der Waals surface area contributed by atoms with Crippen molar-refractivity contribution in [3.05, 3.63) is 59.4 Å². The first-order valence-corrected chi connectivity index (χ1v) is 6.59. The van der Waals surface area contributed by atoms with E-state index in [0.29, 0.717) is 23.7 Å². The number of rotatable bonds is 5. The Morgan fingerprint density at radius 3 is 2.75 bits per heavy atom. The number of halogens is 1. The van der Waals surface area contributed by atoms with Gasteiger partial charge in [0.1, 0.15) is 12.4 Å². The van der Waals surface area contributed by atoms with E-state index in [-0.39, 0.29) is 5.91 Å². The molecule has 0 atom stereocenters. The Kier molecular flexibility index (Phi) is 4.96. The summed E-state index contributed by atoms with van der Waals surface area (Å²) < 4.78 is 5.55. The number of hydrogen-bond acceptors (Lipinski definition) is 3. The number of hydrogen-bond donors (Lipinski definition) is 0. The highest BCUT2D eigenvalue weighted by Crippen LogP contribution is 2.15. The largest absolute Gasteiger partial charge is 0.492 e. The minimum absolute atomic E-state index is 0.167. The van der Waals surface area contributed by atoms with Crippen LogP contribution in [0.2, 0.25) is 5.02 Å². The van der Waals surface area contributed by atoms with E-state index in [0.717, 1.165) is 5.75 Å². The first-order valence-electron chi connectivity index (χ1n) is 6.21. The van der Waals surface area contributed by atoms with Crippen molar-refractivity contribution < 1.29 is 9.53 Å². The number of amides is 1. The van der Waals surface area contributed by atoms with Gasteiger partial charge < -0.3 is 9.64 Å². The molecule has 0 aliphatic rings. The fourth-order valence-corrected chi connectivity index (χ4v) is 1.85. The molecule has 0 bridgehead atoms. The summed E-state index contributed by atoms with van der Waals surface area (Å²) in [7, 11) is 1.71. The lowest BCUT2D eigenvalue weighted by Gasteiger charge is -2.17. The highest BCUT2D eigenvalue weighted by molar-refractivity contribution is 6.33. The van der Waals surface area contributed by atoms with E-state index in [1.165, 1.54) is 6.20 Å². The second kappa shape index (κ2) is 6.91. The fourth-order valence-electron chi connectivity index (χ4n) is 1.66. The smallest absolute Gasteiger partial charge is 0.256 e. The van der Waals surface area contributed by atoms with E-state index in [2.05, 4.69) is 4.98 Å². The van der Waals surface area contributed by atoms with Crippen molar-refractivity contribution in [3.63, 3.8) is 0 Å². The van der Waals surface area contributed by atoms with Crippen molar-refractivity contribution in [2.24, 2.45) is 0 Å². The van der Waals surface area contributed by atoms with Gasteiger partial charge in [0.05, 0.1) is 17.1 Å². The molecule has 0 unspecified atom stereocenters. The van der Waals surface area contributed by atoms with Gasteiger partial charge in [-0.15, -0.1) is 0 Å². The summed E-state index contributed by atoms with van der Waals surface area (Å²) in [5, 5.41) is 0.404. The zero-order valence-electron chi connectivity index (χ0n) is 11.1. The number of pyridine rings is 1. The summed E-state index contributed by atoms with van der Waals surface area (Å²) in [4.78, 5) is 17.6. The molecule has 5 heteroatoms. The molecule has 0 radical (unpaired) electrons. The zero-order chi connectivity index (χ0) is 14.4. The maximum atomic E-state index is 12.2. The number of ether oxygens (including phenoxy) is 1. The molecular formula is C15H15ClN2O2. The molecule has 0 fully saturated rings. The molecule has 20 heavy (non-hydrogen) atoms. The van der Waals surface area contributed by atoms with Crippen LogP contribution in [0.4, 0.5) is 0 Å². The Bertz CT molecular complexity index is 575. The van der Waals surface area contributed by atoms with Crippen molar-refractivity contribution in [1.29, 1.82) is 0 Å². The minimum Gasteiger partial charge on any atom is -0.492 e. The molecule has 0 aliphatic carbocycles. The number of benzene rings is 1. The average molecular weight is 291 g/mol.